The Labute approximate surface area is 398 Å². The number of amides is 3. The van der Waals surface area contributed by atoms with Crippen LogP contribution in [-0.4, -0.2) is 106 Å². The van der Waals surface area contributed by atoms with E-state index in [9.17, 15) is 39.0 Å². The highest BCUT2D eigenvalue weighted by Gasteiger charge is 2.43. The molecule has 16 nitrogen and oxygen atoms in total. The van der Waals surface area contributed by atoms with Crippen molar-refractivity contribution in [3.05, 3.63) is 106 Å². The number of carbonyl (C=O) groups is 6. The number of fused-ring (bicyclic) bond motifs is 1. The molecule has 7 N–H and O–H groups in total. The fraction of sp³-hybridized carbons (Fsp3) is 0.462. The number of aliphatic hydroxyl groups excluding tert-OH is 2. The maximum absolute atomic E-state index is 13.2. The van der Waals surface area contributed by atoms with Crippen molar-refractivity contribution < 1.29 is 53.2 Å². The van der Waals surface area contributed by atoms with Crippen molar-refractivity contribution in [2.24, 2.45) is 17.6 Å². The lowest BCUT2D eigenvalue weighted by atomic mass is 9.89. The number of allylic oxidation sites excluding steroid dienone is 2. The van der Waals surface area contributed by atoms with Crippen LogP contribution in [0.15, 0.2) is 72.8 Å². The molecule has 68 heavy (non-hydrogen) atoms. The van der Waals surface area contributed by atoms with Gasteiger partial charge in [0.1, 0.15) is 11.9 Å². The monoisotopic (exact) mass is 937 g/mol. The molecule has 366 valence electrons. The zero-order valence-electron chi connectivity index (χ0n) is 39.8. The minimum atomic E-state index is -1.35. The van der Waals surface area contributed by atoms with E-state index in [4.69, 9.17) is 19.9 Å². The third kappa shape index (κ3) is 15.1. The molecule has 0 spiro atoms. The van der Waals surface area contributed by atoms with E-state index in [1.807, 2.05) is 42.5 Å². The van der Waals surface area contributed by atoms with Gasteiger partial charge in [0.25, 0.3) is 11.8 Å². The summed E-state index contributed by atoms with van der Waals surface area (Å²) in [6, 6.07) is 14.4. The SMILES string of the molecule is CCN(CC)CCNC(=O)c1c(C)[nH]c(/C=C2\C(=O)Nc3ccc(OC(=O)C(C)OC(=O)CCC(=O)O[C@@H]4C[C@H](O)[C@H](C/C=C\CCCC(N)=O)C4/C=C/[C@H](O)CCc4ccccc4)cc32)c1C. The number of carbonyl (C=O) groups excluding carboxylic acids is 6. The molecule has 0 bridgehead atoms. The van der Waals surface area contributed by atoms with Gasteiger partial charge in [-0.05, 0) is 107 Å². The molecule has 2 aliphatic rings. The van der Waals surface area contributed by atoms with Gasteiger partial charge in [0.15, 0.2) is 6.10 Å². The van der Waals surface area contributed by atoms with Crippen LogP contribution in [0.4, 0.5) is 5.69 Å². The molecular weight excluding hydrogens is 871 g/mol. The number of nitrogens with one attached hydrogen (secondary N) is 3. The molecule has 1 saturated carbocycles. The summed E-state index contributed by atoms with van der Waals surface area (Å²) in [6.07, 6.45) is 7.82. The Kier molecular flexibility index (Phi) is 19.9. The van der Waals surface area contributed by atoms with E-state index in [-0.39, 0.29) is 60.6 Å². The molecule has 1 aliphatic carbocycles. The number of H-pyrrole nitrogens is 1. The second-order valence-electron chi connectivity index (χ2n) is 17.3. The second-order valence-corrected chi connectivity index (χ2v) is 17.3. The zero-order valence-corrected chi connectivity index (χ0v) is 39.8. The summed E-state index contributed by atoms with van der Waals surface area (Å²) in [7, 11) is 0. The lowest BCUT2D eigenvalue weighted by Gasteiger charge is -2.22. The number of hydrogen-bond acceptors (Lipinski definition) is 12. The quantitative estimate of drug-likeness (QED) is 0.0192. The number of likely N-dealkylation sites (N-methyl/N-ethyl adjacent to an activating group) is 1. The number of aryl methyl sites for hydroxylation is 2. The molecule has 1 aliphatic heterocycles. The van der Waals surface area contributed by atoms with E-state index in [0.717, 1.165) is 25.2 Å². The van der Waals surface area contributed by atoms with Gasteiger partial charge in [-0.2, -0.15) is 0 Å². The maximum Gasteiger partial charge on any atom is 0.352 e. The van der Waals surface area contributed by atoms with E-state index in [1.54, 1.807) is 38.1 Å². The first kappa shape index (κ1) is 52.6. The summed E-state index contributed by atoms with van der Waals surface area (Å²) < 4.78 is 16.7. The first-order chi connectivity index (χ1) is 32.6. The third-order valence-electron chi connectivity index (χ3n) is 12.4. The number of anilines is 1. The predicted octanol–water partition coefficient (Wildman–Crippen LogP) is 5.87. The smallest absolute Gasteiger partial charge is 0.352 e. The van der Waals surface area contributed by atoms with Crippen molar-refractivity contribution in [1.82, 2.24) is 15.2 Å². The van der Waals surface area contributed by atoms with Gasteiger partial charge < -0.3 is 50.7 Å². The summed E-state index contributed by atoms with van der Waals surface area (Å²) in [5.74, 6) is -4.05. The topological polar surface area (TPSA) is 240 Å². The number of nitrogens with two attached hydrogens (primary N) is 1. The summed E-state index contributed by atoms with van der Waals surface area (Å²) in [5.41, 5.74) is 9.98. The van der Waals surface area contributed by atoms with Crippen molar-refractivity contribution in [2.75, 3.05) is 31.5 Å². The van der Waals surface area contributed by atoms with Gasteiger partial charge in [-0.3, -0.25) is 24.0 Å². The number of aromatic nitrogens is 1. The standard InChI is InChI=1S/C52H67N5O11/c1-6-57(7-2)28-27-54-51(64)49-32(3)43(55-33(49)4)30-41-40-29-37(22-24-42(40)56-50(41)63)67-52(65)34(5)66-47(61)25-26-48(62)68-45-31-44(59)38(17-13-8-9-14-18-46(53)60)39(45)23-21-36(58)20-19-35-15-11-10-12-16-35/h8,10-13,15-16,21-24,29-30,34,36,38-39,44-45,55,58-59H,6-7,9,14,17-20,25-28,31H2,1-5H3,(H2,53,60)(H,54,64)(H,56,63)/b13-8-,23-21+,41-30-/t34?,36-,38-,39?,44+,45-/m1/s1. The van der Waals surface area contributed by atoms with E-state index < -0.39 is 48.2 Å². The van der Waals surface area contributed by atoms with Crippen LogP contribution >= 0.6 is 0 Å². The van der Waals surface area contributed by atoms with Gasteiger partial charge >= 0.3 is 17.9 Å². The highest BCUT2D eigenvalue weighted by atomic mass is 16.6. The average molecular weight is 938 g/mol. The van der Waals surface area contributed by atoms with Crippen LogP contribution in [0.3, 0.4) is 0 Å². The van der Waals surface area contributed by atoms with Crippen LogP contribution < -0.4 is 21.1 Å². The number of esters is 3. The number of unbranched alkanes of at least 4 members (excludes halogenated alkanes) is 1. The average Bonchev–Trinajstić information content (AvgIpc) is 3.89. The first-order valence-electron chi connectivity index (χ1n) is 23.6. The summed E-state index contributed by atoms with van der Waals surface area (Å²) in [6.45, 7) is 12.1. The lowest BCUT2D eigenvalue weighted by molar-refractivity contribution is -0.163. The molecule has 1 fully saturated rings. The van der Waals surface area contributed by atoms with E-state index >= 15 is 0 Å². The van der Waals surface area contributed by atoms with Gasteiger partial charge in [-0.15, -0.1) is 0 Å². The van der Waals surface area contributed by atoms with Gasteiger partial charge in [-0.25, -0.2) is 4.79 Å². The fourth-order valence-electron chi connectivity index (χ4n) is 8.56. The number of nitrogens with zero attached hydrogens (tertiary/aromatic N) is 1. The van der Waals surface area contributed by atoms with Crippen LogP contribution in [-0.2, 0) is 39.9 Å². The van der Waals surface area contributed by atoms with Crippen molar-refractivity contribution in [2.45, 2.75) is 117 Å². The number of benzene rings is 2. The Balaban J connectivity index is 1.15. The number of ether oxygens (including phenoxy) is 3. The highest BCUT2D eigenvalue weighted by Crippen LogP contribution is 2.39. The number of hydrogen-bond donors (Lipinski definition) is 6. The lowest BCUT2D eigenvalue weighted by Crippen LogP contribution is -2.35. The van der Waals surface area contributed by atoms with Crippen LogP contribution in [0, 0.1) is 25.7 Å². The number of rotatable bonds is 25. The number of primary amides is 1. The molecule has 3 amide bonds. The molecule has 2 heterocycles. The molecule has 1 aromatic heterocycles. The van der Waals surface area contributed by atoms with Gasteiger partial charge in [0.05, 0.1) is 36.2 Å². The minimum Gasteiger partial charge on any atom is -0.462 e. The van der Waals surface area contributed by atoms with E-state index in [1.165, 1.54) is 19.1 Å². The summed E-state index contributed by atoms with van der Waals surface area (Å²) in [5, 5.41) is 27.7. The normalized spacial score (nSPS) is 19.3. The largest absolute Gasteiger partial charge is 0.462 e. The van der Waals surface area contributed by atoms with Crippen molar-refractivity contribution in [3.63, 3.8) is 0 Å². The van der Waals surface area contributed by atoms with Crippen molar-refractivity contribution in [3.8, 4) is 5.75 Å². The Morgan fingerprint density at radius 3 is 2.46 bits per heavy atom. The van der Waals surface area contributed by atoms with Crippen LogP contribution in [0.1, 0.15) is 111 Å². The van der Waals surface area contributed by atoms with Gasteiger partial charge in [-0.1, -0.05) is 68.5 Å². The molecular formula is C52H67N5O11. The maximum atomic E-state index is 13.2. The van der Waals surface area contributed by atoms with Gasteiger partial charge in [0.2, 0.25) is 5.91 Å². The van der Waals surface area contributed by atoms with Crippen LogP contribution in [0.5, 0.6) is 5.75 Å². The van der Waals surface area contributed by atoms with E-state index in [0.29, 0.717) is 72.4 Å². The predicted molar refractivity (Wildman–Crippen MR) is 258 cm³/mol. The van der Waals surface area contributed by atoms with Gasteiger partial charge in [0, 0.05) is 54.5 Å². The van der Waals surface area contributed by atoms with Crippen LogP contribution in [0.25, 0.3) is 11.6 Å². The molecule has 16 heteroatoms. The highest BCUT2D eigenvalue weighted by molar-refractivity contribution is 6.35. The molecule has 2 unspecified atom stereocenters. The Hall–Kier alpha value is -6.36. The summed E-state index contributed by atoms with van der Waals surface area (Å²) in [4.78, 5) is 81.9. The molecule has 5 rings (SSSR count). The Bertz CT molecular complexity index is 2330. The van der Waals surface area contributed by atoms with Crippen molar-refractivity contribution >= 4 is 53.0 Å². The molecule has 0 saturated heterocycles. The summed E-state index contributed by atoms with van der Waals surface area (Å²) >= 11 is 0. The minimum absolute atomic E-state index is 0.0956. The Morgan fingerprint density at radius 2 is 1.74 bits per heavy atom. The first-order valence-corrected chi connectivity index (χ1v) is 23.6. The molecule has 6 atom stereocenters. The fourth-order valence-corrected chi connectivity index (χ4v) is 8.56. The zero-order chi connectivity index (χ0) is 49.3. The molecule has 3 aromatic rings. The number of aromatic amines is 1. The van der Waals surface area contributed by atoms with Crippen molar-refractivity contribution in [1.29, 1.82) is 0 Å². The number of aliphatic hydroxyl groups is 2. The van der Waals surface area contributed by atoms with Crippen LogP contribution in [0.2, 0.25) is 0 Å². The second kappa shape index (κ2) is 25.7. The molecule has 2 aromatic carbocycles. The Morgan fingerprint density at radius 1 is 1.00 bits per heavy atom. The molecule has 0 radical (unpaired) electrons. The third-order valence-corrected chi connectivity index (χ3v) is 12.4. The van der Waals surface area contributed by atoms with E-state index in [2.05, 4.69) is 34.4 Å².